The smallest absolute Gasteiger partial charge is 0.270 e. The average molecular weight is 357 g/mol. The second-order valence-electron chi connectivity index (χ2n) is 8.01. The van der Waals surface area contributed by atoms with E-state index in [0.717, 1.165) is 54.8 Å². The molecule has 142 valence electrons. The largest absolute Gasteiger partial charge is 0.350 e. The third-order valence-corrected chi connectivity index (χ3v) is 5.63. The number of aromatic amines is 1. The molecule has 26 heavy (non-hydrogen) atoms. The maximum Gasteiger partial charge on any atom is 0.270 e. The Morgan fingerprint density at radius 1 is 1.23 bits per heavy atom. The molecule has 1 aliphatic heterocycles. The summed E-state index contributed by atoms with van der Waals surface area (Å²) in [5, 5.41) is 1.16. The molecule has 1 unspecified atom stereocenters. The number of piperidine rings is 1. The fraction of sp³-hybridized carbons (Fsp3) is 0.571. The van der Waals surface area contributed by atoms with E-state index in [1.807, 2.05) is 4.90 Å². The third kappa shape index (κ3) is 3.94. The number of rotatable bonds is 5. The van der Waals surface area contributed by atoms with Crippen molar-refractivity contribution in [3.8, 4) is 0 Å². The lowest BCUT2D eigenvalue weighted by atomic mass is 10.0. The molecule has 2 aromatic rings. The van der Waals surface area contributed by atoms with Crippen molar-refractivity contribution in [2.45, 2.75) is 32.7 Å². The number of aromatic nitrogens is 1. The molecule has 5 heteroatoms. The van der Waals surface area contributed by atoms with Gasteiger partial charge >= 0.3 is 0 Å². The van der Waals surface area contributed by atoms with Crippen LogP contribution in [-0.4, -0.2) is 79.0 Å². The van der Waals surface area contributed by atoms with Gasteiger partial charge in [0, 0.05) is 43.1 Å². The molecule has 1 N–H and O–H groups in total. The molecule has 0 saturated carbocycles. The second-order valence-corrected chi connectivity index (χ2v) is 8.01. The van der Waals surface area contributed by atoms with Gasteiger partial charge in [-0.25, -0.2) is 0 Å². The van der Waals surface area contributed by atoms with Crippen LogP contribution in [0, 0.1) is 13.8 Å². The number of likely N-dealkylation sites (N-methyl/N-ethyl adjacent to an activating group) is 2. The predicted molar refractivity (Wildman–Crippen MR) is 108 cm³/mol. The Balaban J connectivity index is 1.74. The Morgan fingerprint density at radius 3 is 2.73 bits per heavy atom. The van der Waals surface area contributed by atoms with E-state index in [1.54, 1.807) is 0 Å². The van der Waals surface area contributed by atoms with Gasteiger partial charge in [0.1, 0.15) is 5.69 Å². The number of nitrogens with zero attached hydrogens (tertiary/aromatic N) is 3. The van der Waals surface area contributed by atoms with Crippen LogP contribution in [0.1, 0.15) is 34.5 Å². The summed E-state index contributed by atoms with van der Waals surface area (Å²) >= 11 is 0. The van der Waals surface area contributed by atoms with E-state index in [0.29, 0.717) is 6.04 Å². The highest BCUT2D eigenvalue weighted by Crippen LogP contribution is 2.25. The number of likely N-dealkylation sites (tertiary alicyclic amines) is 1. The third-order valence-electron chi connectivity index (χ3n) is 5.63. The molecule has 1 amide bonds. The molecule has 1 atom stereocenters. The van der Waals surface area contributed by atoms with Crippen molar-refractivity contribution >= 4 is 16.8 Å². The van der Waals surface area contributed by atoms with Crippen molar-refractivity contribution in [1.29, 1.82) is 0 Å². The van der Waals surface area contributed by atoms with Gasteiger partial charge in [0.05, 0.1) is 0 Å². The van der Waals surface area contributed by atoms with E-state index in [1.165, 1.54) is 12.0 Å². The molecule has 1 fully saturated rings. The molecule has 1 aromatic heterocycles. The highest BCUT2D eigenvalue weighted by Gasteiger charge is 2.28. The first-order chi connectivity index (χ1) is 12.4. The summed E-state index contributed by atoms with van der Waals surface area (Å²) in [5.74, 6) is 0.141. The van der Waals surface area contributed by atoms with Crippen LogP contribution in [-0.2, 0) is 0 Å². The van der Waals surface area contributed by atoms with Crippen LogP contribution >= 0.6 is 0 Å². The first-order valence-electron chi connectivity index (χ1n) is 9.60. The lowest BCUT2D eigenvalue weighted by Gasteiger charge is -2.38. The summed E-state index contributed by atoms with van der Waals surface area (Å²) in [6, 6.07) is 6.76. The zero-order chi connectivity index (χ0) is 18.8. The van der Waals surface area contributed by atoms with E-state index in [-0.39, 0.29) is 5.91 Å². The quantitative estimate of drug-likeness (QED) is 0.896. The maximum atomic E-state index is 13.2. The van der Waals surface area contributed by atoms with E-state index < -0.39 is 0 Å². The summed E-state index contributed by atoms with van der Waals surface area (Å²) in [5.41, 5.74) is 4.09. The van der Waals surface area contributed by atoms with Crippen LogP contribution < -0.4 is 0 Å². The lowest BCUT2D eigenvalue weighted by molar-refractivity contribution is 0.0598. The number of carbonyl (C=O) groups is 1. The standard InChI is InChI=1S/C21H32N4O/c1-15-8-9-19-18(13-15)16(2)20(22-19)21(26)25-10-6-7-17(14-25)24(5)12-11-23(3)4/h8-9,13,17,22H,6-7,10-12,14H2,1-5H3. The van der Waals surface area contributed by atoms with Crippen LogP contribution in [0.3, 0.4) is 0 Å². The van der Waals surface area contributed by atoms with Gasteiger partial charge in [-0.05, 0) is 65.5 Å². The minimum Gasteiger partial charge on any atom is -0.350 e. The molecule has 0 spiro atoms. The molecule has 1 aliphatic rings. The summed E-state index contributed by atoms with van der Waals surface area (Å²) in [7, 11) is 6.38. The summed E-state index contributed by atoms with van der Waals surface area (Å²) in [6.07, 6.45) is 2.24. The minimum atomic E-state index is 0.141. The number of fused-ring (bicyclic) bond motifs is 1. The Labute approximate surface area is 157 Å². The predicted octanol–water partition coefficient (Wildman–Crippen LogP) is 2.88. The molecule has 5 nitrogen and oxygen atoms in total. The summed E-state index contributed by atoms with van der Waals surface area (Å²) < 4.78 is 0. The van der Waals surface area contributed by atoms with Crippen molar-refractivity contribution in [1.82, 2.24) is 19.7 Å². The Kier molecular flexibility index (Phi) is 5.68. The number of amides is 1. The minimum absolute atomic E-state index is 0.141. The molecular weight excluding hydrogens is 324 g/mol. The molecule has 1 saturated heterocycles. The topological polar surface area (TPSA) is 42.6 Å². The molecule has 0 aliphatic carbocycles. The van der Waals surface area contributed by atoms with Crippen molar-refractivity contribution in [3.63, 3.8) is 0 Å². The highest BCUT2D eigenvalue weighted by atomic mass is 16.2. The zero-order valence-electron chi connectivity index (χ0n) is 16.8. The van der Waals surface area contributed by atoms with Crippen molar-refractivity contribution in [2.75, 3.05) is 47.3 Å². The lowest BCUT2D eigenvalue weighted by Crippen LogP contribution is -2.49. The Bertz CT molecular complexity index is 780. The van der Waals surface area contributed by atoms with Crippen molar-refractivity contribution in [2.24, 2.45) is 0 Å². The van der Waals surface area contributed by atoms with Crippen LogP contribution in [0.15, 0.2) is 18.2 Å². The first-order valence-corrected chi connectivity index (χ1v) is 9.60. The average Bonchev–Trinajstić information content (AvgIpc) is 2.95. The Hall–Kier alpha value is -1.85. The maximum absolute atomic E-state index is 13.2. The molecule has 2 heterocycles. The molecule has 3 rings (SSSR count). The molecule has 1 aromatic carbocycles. The first kappa shape index (κ1) is 18.9. The summed E-state index contributed by atoms with van der Waals surface area (Å²) in [4.78, 5) is 23.2. The molecule has 0 bridgehead atoms. The van der Waals surface area contributed by atoms with Gasteiger partial charge in [0.25, 0.3) is 5.91 Å². The van der Waals surface area contributed by atoms with Crippen molar-refractivity contribution in [3.05, 3.63) is 35.0 Å². The van der Waals surface area contributed by atoms with E-state index in [2.05, 4.69) is 68.0 Å². The highest BCUT2D eigenvalue weighted by molar-refractivity contribution is 6.01. The van der Waals surface area contributed by atoms with Crippen LogP contribution in [0.4, 0.5) is 0 Å². The van der Waals surface area contributed by atoms with Gasteiger partial charge in [0.15, 0.2) is 0 Å². The number of hydrogen-bond acceptors (Lipinski definition) is 3. The number of hydrogen-bond donors (Lipinski definition) is 1. The van der Waals surface area contributed by atoms with E-state index >= 15 is 0 Å². The van der Waals surface area contributed by atoms with E-state index in [9.17, 15) is 4.79 Å². The van der Waals surface area contributed by atoms with Gasteiger partial charge in [-0.2, -0.15) is 0 Å². The molecule has 0 radical (unpaired) electrons. The zero-order valence-corrected chi connectivity index (χ0v) is 16.8. The van der Waals surface area contributed by atoms with Gasteiger partial charge in [0.2, 0.25) is 0 Å². The fourth-order valence-electron chi connectivity index (χ4n) is 3.85. The van der Waals surface area contributed by atoms with Crippen LogP contribution in [0.2, 0.25) is 0 Å². The summed E-state index contributed by atoms with van der Waals surface area (Å²) in [6.45, 7) is 7.88. The van der Waals surface area contributed by atoms with E-state index in [4.69, 9.17) is 0 Å². The second kappa shape index (κ2) is 7.80. The number of carbonyl (C=O) groups excluding carboxylic acids is 1. The number of H-pyrrole nitrogens is 1. The van der Waals surface area contributed by atoms with Gasteiger partial charge < -0.3 is 19.7 Å². The molecular formula is C21H32N4O. The van der Waals surface area contributed by atoms with Crippen LogP contribution in [0.25, 0.3) is 10.9 Å². The normalized spacial score (nSPS) is 18.3. The Morgan fingerprint density at radius 2 is 2.00 bits per heavy atom. The monoisotopic (exact) mass is 356 g/mol. The number of aryl methyl sites for hydroxylation is 2. The van der Waals surface area contributed by atoms with Crippen LogP contribution in [0.5, 0.6) is 0 Å². The SMILES string of the molecule is Cc1ccc2[nH]c(C(=O)N3CCCC(N(C)CCN(C)C)C3)c(C)c2c1. The van der Waals surface area contributed by atoms with Gasteiger partial charge in [-0.1, -0.05) is 11.6 Å². The number of benzene rings is 1. The van der Waals surface area contributed by atoms with Gasteiger partial charge in [-0.15, -0.1) is 0 Å². The fourth-order valence-corrected chi connectivity index (χ4v) is 3.85. The van der Waals surface area contributed by atoms with Crippen molar-refractivity contribution < 1.29 is 4.79 Å². The number of nitrogens with one attached hydrogen (secondary N) is 1. The van der Waals surface area contributed by atoms with Gasteiger partial charge in [-0.3, -0.25) is 4.79 Å².